The Labute approximate surface area is 117 Å². The number of hydrogen-bond acceptors (Lipinski definition) is 6. The summed E-state index contributed by atoms with van der Waals surface area (Å²) in [6.45, 7) is 6.17. The van der Waals surface area contributed by atoms with Crippen LogP contribution in [0.4, 0.5) is 11.5 Å². The van der Waals surface area contributed by atoms with Crippen LogP contribution in [0.15, 0.2) is 12.1 Å². The first-order valence-corrected chi connectivity index (χ1v) is 6.67. The number of rotatable bonds is 5. The third-order valence-electron chi connectivity index (χ3n) is 3.31. The Bertz CT molecular complexity index is 481. The summed E-state index contributed by atoms with van der Waals surface area (Å²) in [5.41, 5.74) is 6.19. The molecule has 0 spiro atoms. The molecule has 0 saturated carbocycles. The van der Waals surface area contributed by atoms with Gasteiger partial charge in [-0.05, 0) is 18.7 Å². The van der Waals surface area contributed by atoms with Gasteiger partial charge in [-0.25, -0.2) is 9.78 Å². The minimum absolute atomic E-state index is 0.0264. The highest BCUT2D eigenvalue weighted by Crippen LogP contribution is 2.16. The second-order valence-corrected chi connectivity index (χ2v) is 4.71. The second kappa shape index (κ2) is 6.53. The largest absolute Gasteiger partial charge is 0.477 e. The normalized spacial score (nSPS) is 19.8. The van der Waals surface area contributed by atoms with E-state index in [0.717, 1.165) is 19.6 Å². The molecule has 0 aromatic carbocycles. The van der Waals surface area contributed by atoms with Crippen LogP contribution in [0, 0.1) is 0 Å². The fourth-order valence-corrected chi connectivity index (χ4v) is 2.13. The van der Waals surface area contributed by atoms with Gasteiger partial charge < -0.3 is 20.9 Å². The molecule has 0 bridgehead atoms. The van der Waals surface area contributed by atoms with Crippen LogP contribution in [0.25, 0.3) is 0 Å². The summed E-state index contributed by atoms with van der Waals surface area (Å²) in [4.78, 5) is 17.2. The summed E-state index contributed by atoms with van der Waals surface area (Å²) in [5, 5.41) is 12.0. The quantitative estimate of drug-likeness (QED) is 0.721. The average Bonchev–Trinajstić information content (AvgIpc) is 2.46. The van der Waals surface area contributed by atoms with Crippen molar-refractivity contribution in [2.24, 2.45) is 0 Å². The third-order valence-corrected chi connectivity index (χ3v) is 3.31. The van der Waals surface area contributed by atoms with E-state index in [9.17, 15) is 4.79 Å². The van der Waals surface area contributed by atoms with E-state index >= 15 is 0 Å². The lowest BCUT2D eigenvalue weighted by Crippen LogP contribution is -2.45. The number of ether oxygens (including phenoxy) is 1. The van der Waals surface area contributed by atoms with E-state index in [1.165, 1.54) is 6.07 Å². The Kier molecular flexibility index (Phi) is 4.75. The maximum atomic E-state index is 10.9. The van der Waals surface area contributed by atoms with Crippen LogP contribution in [0.2, 0.25) is 0 Å². The summed E-state index contributed by atoms with van der Waals surface area (Å²) >= 11 is 0. The van der Waals surface area contributed by atoms with E-state index in [4.69, 9.17) is 15.6 Å². The third kappa shape index (κ3) is 3.58. The summed E-state index contributed by atoms with van der Waals surface area (Å²) in [7, 11) is 0. The average molecular weight is 280 g/mol. The smallest absolute Gasteiger partial charge is 0.354 e. The van der Waals surface area contributed by atoms with Crippen molar-refractivity contribution in [1.29, 1.82) is 0 Å². The number of aromatic nitrogens is 1. The van der Waals surface area contributed by atoms with E-state index in [0.29, 0.717) is 24.7 Å². The van der Waals surface area contributed by atoms with Crippen molar-refractivity contribution in [3.63, 3.8) is 0 Å². The predicted molar refractivity (Wildman–Crippen MR) is 76.0 cm³/mol. The number of nitrogen functional groups attached to an aromatic ring is 1. The van der Waals surface area contributed by atoms with Gasteiger partial charge in [-0.15, -0.1) is 0 Å². The van der Waals surface area contributed by atoms with Crippen molar-refractivity contribution in [3.8, 4) is 0 Å². The van der Waals surface area contributed by atoms with Crippen molar-refractivity contribution in [2.75, 3.05) is 43.8 Å². The first-order chi connectivity index (χ1) is 9.60. The number of anilines is 2. The van der Waals surface area contributed by atoms with E-state index < -0.39 is 5.97 Å². The minimum Gasteiger partial charge on any atom is -0.477 e. The van der Waals surface area contributed by atoms with Crippen molar-refractivity contribution < 1.29 is 14.6 Å². The number of pyridine rings is 1. The van der Waals surface area contributed by atoms with Crippen molar-refractivity contribution in [3.05, 3.63) is 17.8 Å². The molecule has 1 atom stereocenters. The van der Waals surface area contributed by atoms with Crippen LogP contribution in [-0.4, -0.2) is 59.8 Å². The van der Waals surface area contributed by atoms with Gasteiger partial charge in [-0.1, -0.05) is 6.92 Å². The Morgan fingerprint density at radius 1 is 1.65 bits per heavy atom. The summed E-state index contributed by atoms with van der Waals surface area (Å²) in [5.74, 6) is -0.679. The van der Waals surface area contributed by atoms with Gasteiger partial charge in [-0.2, -0.15) is 0 Å². The van der Waals surface area contributed by atoms with Crippen LogP contribution >= 0.6 is 0 Å². The van der Waals surface area contributed by atoms with Crippen LogP contribution in [0.1, 0.15) is 17.4 Å². The molecule has 2 rings (SSSR count). The molecule has 1 aliphatic heterocycles. The molecule has 0 aliphatic carbocycles. The van der Waals surface area contributed by atoms with Gasteiger partial charge in [0.2, 0.25) is 0 Å². The Balaban J connectivity index is 1.96. The molecule has 7 nitrogen and oxygen atoms in total. The lowest BCUT2D eigenvalue weighted by atomic mass is 10.2. The maximum absolute atomic E-state index is 10.9. The number of hydrogen-bond donors (Lipinski definition) is 3. The summed E-state index contributed by atoms with van der Waals surface area (Å²) < 4.78 is 5.66. The number of carboxylic acids is 1. The van der Waals surface area contributed by atoms with Gasteiger partial charge in [0.15, 0.2) is 5.69 Å². The van der Waals surface area contributed by atoms with Crippen LogP contribution in [0.3, 0.4) is 0 Å². The molecular weight excluding hydrogens is 260 g/mol. The Hall–Kier alpha value is -1.86. The SMILES string of the molecule is CCN1CCOC(CNc2nc(C(=O)O)ccc2N)C1. The molecule has 110 valence electrons. The standard InChI is InChI=1S/C13H20N4O3/c1-2-17-5-6-20-9(8-17)7-15-12-10(14)3-4-11(16-12)13(18)19/h3-4,9H,2,5-8,14H2,1H3,(H,15,16)(H,18,19). The zero-order chi connectivity index (χ0) is 14.5. The van der Waals surface area contributed by atoms with Gasteiger partial charge in [0.1, 0.15) is 5.82 Å². The molecule has 20 heavy (non-hydrogen) atoms. The lowest BCUT2D eigenvalue weighted by molar-refractivity contribution is -0.0192. The zero-order valence-corrected chi connectivity index (χ0v) is 11.5. The number of nitrogens with two attached hydrogens (primary N) is 1. The van der Waals surface area contributed by atoms with Gasteiger partial charge in [0, 0.05) is 19.6 Å². The van der Waals surface area contributed by atoms with Crippen molar-refractivity contribution in [1.82, 2.24) is 9.88 Å². The Morgan fingerprint density at radius 3 is 3.15 bits per heavy atom. The molecule has 7 heteroatoms. The van der Waals surface area contributed by atoms with Crippen molar-refractivity contribution >= 4 is 17.5 Å². The first kappa shape index (κ1) is 14.5. The van der Waals surface area contributed by atoms with Gasteiger partial charge >= 0.3 is 5.97 Å². The van der Waals surface area contributed by atoms with Crippen LogP contribution < -0.4 is 11.1 Å². The molecule has 2 heterocycles. The molecule has 1 saturated heterocycles. The fourth-order valence-electron chi connectivity index (χ4n) is 2.13. The lowest BCUT2D eigenvalue weighted by Gasteiger charge is -2.32. The highest BCUT2D eigenvalue weighted by molar-refractivity contribution is 5.86. The molecule has 1 aromatic heterocycles. The fraction of sp³-hybridized carbons (Fsp3) is 0.538. The van der Waals surface area contributed by atoms with Gasteiger partial charge in [-0.3, -0.25) is 4.90 Å². The van der Waals surface area contributed by atoms with E-state index in [1.807, 2.05) is 0 Å². The van der Waals surface area contributed by atoms with E-state index in [-0.39, 0.29) is 11.8 Å². The number of carboxylic acid groups (broad SMARTS) is 1. The number of nitrogens with one attached hydrogen (secondary N) is 1. The molecular formula is C13H20N4O3. The zero-order valence-electron chi connectivity index (χ0n) is 11.5. The van der Waals surface area contributed by atoms with Crippen LogP contribution in [-0.2, 0) is 4.74 Å². The van der Waals surface area contributed by atoms with Gasteiger partial charge in [0.05, 0.1) is 18.4 Å². The molecule has 1 fully saturated rings. The van der Waals surface area contributed by atoms with E-state index in [1.54, 1.807) is 6.07 Å². The predicted octanol–water partition coefficient (Wildman–Crippen LogP) is 0.495. The highest BCUT2D eigenvalue weighted by Gasteiger charge is 2.19. The van der Waals surface area contributed by atoms with Crippen LogP contribution in [0.5, 0.6) is 0 Å². The molecule has 1 aliphatic rings. The molecule has 1 unspecified atom stereocenters. The topological polar surface area (TPSA) is 101 Å². The van der Waals surface area contributed by atoms with E-state index in [2.05, 4.69) is 22.1 Å². The van der Waals surface area contributed by atoms with Gasteiger partial charge in [0.25, 0.3) is 0 Å². The number of carbonyl (C=O) groups is 1. The van der Waals surface area contributed by atoms with Crippen molar-refractivity contribution in [2.45, 2.75) is 13.0 Å². The Morgan fingerprint density at radius 2 is 2.45 bits per heavy atom. The monoisotopic (exact) mass is 280 g/mol. The molecule has 0 radical (unpaired) electrons. The first-order valence-electron chi connectivity index (χ1n) is 6.67. The number of aromatic carboxylic acids is 1. The number of likely N-dealkylation sites (N-methyl/N-ethyl adjacent to an activating group) is 1. The summed E-state index contributed by atoms with van der Waals surface area (Å²) in [6.07, 6.45) is 0.0541. The maximum Gasteiger partial charge on any atom is 0.354 e. The summed E-state index contributed by atoms with van der Waals surface area (Å²) in [6, 6.07) is 2.93. The number of nitrogens with zero attached hydrogens (tertiary/aromatic N) is 2. The molecule has 1 aromatic rings. The highest BCUT2D eigenvalue weighted by atomic mass is 16.5. The molecule has 4 N–H and O–H groups in total. The number of morpholine rings is 1. The second-order valence-electron chi connectivity index (χ2n) is 4.71. The minimum atomic E-state index is -1.07. The molecule has 0 amide bonds.